The van der Waals surface area contributed by atoms with Crippen molar-refractivity contribution in [3.8, 4) is 5.75 Å². The van der Waals surface area contributed by atoms with Gasteiger partial charge in [0.2, 0.25) is 0 Å². The van der Waals surface area contributed by atoms with Gasteiger partial charge in [-0.2, -0.15) is 0 Å². The zero-order chi connectivity index (χ0) is 20.3. The van der Waals surface area contributed by atoms with E-state index in [4.69, 9.17) is 9.47 Å². The Morgan fingerprint density at radius 3 is 2.17 bits per heavy atom. The molecule has 0 fully saturated rings. The van der Waals surface area contributed by atoms with E-state index in [-0.39, 0.29) is 0 Å². The van der Waals surface area contributed by atoms with E-state index in [9.17, 15) is 9.59 Å². The minimum Gasteiger partial charge on any atom is -0.434 e. The summed E-state index contributed by atoms with van der Waals surface area (Å²) in [7, 11) is 0. The largest absolute Gasteiger partial charge is 0.434 e. The summed E-state index contributed by atoms with van der Waals surface area (Å²) >= 11 is 3.40. The molecule has 3 aromatic carbocycles. The second-order valence-corrected chi connectivity index (χ2v) is 7.58. The SMILES string of the molecule is O=C1OC(C(=O)Oc2ccccc2)(c2ccccc2)C=C1Cc1ccc(Br)cc1. The fourth-order valence-electron chi connectivity index (χ4n) is 3.21. The van der Waals surface area contributed by atoms with Crippen LogP contribution in [0.15, 0.2) is 101 Å². The van der Waals surface area contributed by atoms with Crippen LogP contribution < -0.4 is 4.74 Å². The summed E-state index contributed by atoms with van der Waals surface area (Å²) in [4.78, 5) is 25.9. The first kappa shape index (κ1) is 19.2. The number of carbonyl (C=O) groups is 2. The van der Waals surface area contributed by atoms with Crippen LogP contribution >= 0.6 is 15.9 Å². The summed E-state index contributed by atoms with van der Waals surface area (Å²) in [5, 5.41) is 0. The molecule has 29 heavy (non-hydrogen) atoms. The zero-order valence-electron chi connectivity index (χ0n) is 15.4. The van der Waals surface area contributed by atoms with Crippen LogP contribution in [0.25, 0.3) is 0 Å². The van der Waals surface area contributed by atoms with E-state index >= 15 is 0 Å². The molecule has 0 N–H and O–H groups in total. The highest BCUT2D eigenvalue weighted by atomic mass is 79.9. The van der Waals surface area contributed by atoms with Crippen LogP contribution in [-0.4, -0.2) is 11.9 Å². The van der Waals surface area contributed by atoms with Gasteiger partial charge in [-0.3, -0.25) is 0 Å². The van der Waals surface area contributed by atoms with Crippen molar-refractivity contribution in [2.75, 3.05) is 0 Å². The number of benzene rings is 3. The normalized spacial score (nSPS) is 18.1. The van der Waals surface area contributed by atoms with Crippen LogP contribution in [-0.2, 0) is 26.3 Å². The number of ether oxygens (including phenoxy) is 2. The molecule has 1 aliphatic rings. The molecular formula is C24H17BrO4. The van der Waals surface area contributed by atoms with Crippen molar-refractivity contribution in [2.45, 2.75) is 12.0 Å². The number of hydrogen-bond donors (Lipinski definition) is 0. The van der Waals surface area contributed by atoms with Crippen molar-refractivity contribution in [2.24, 2.45) is 0 Å². The highest BCUT2D eigenvalue weighted by Gasteiger charge is 2.49. The van der Waals surface area contributed by atoms with Gasteiger partial charge in [0.1, 0.15) is 5.75 Å². The molecule has 3 aromatic rings. The van der Waals surface area contributed by atoms with Crippen molar-refractivity contribution in [1.82, 2.24) is 0 Å². The summed E-state index contributed by atoms with van der Waals surface area (Å²) in [5.74, 6) is -0.797. The molecule has 0 spiro atoms. The number of cyclic esters (lactones) is 1. The van der Waals surface area contributed by atoms with Crippen molar-refractivity contribution < 1.29 is 19.1 Å². The number of para-hydroxylation sites is 1. The molecule has 0 saturated heterocycles. The Bertz CT molecular complexity index is 1060. The van der Waals surface area contributed by atoms with Crippen LogP contribution in [0.4, 0.5) is 0 Å². The molecule has 0 amide bonds. The van der Waals surface area contributed by atoms with Gasteiger partial charge in [-0.15, -0.1) is 0 Å². The summed E-state index contributed by atoms with van der Waals surface area (Å²) < 4.78 is 12.2. The van der Waals surface area contributed by atoms with E-state index in [1.54, 1.807) is 54.6 Å². The maximum Gasteiger partial charge on any atom is 0.365 e. The first-order valence-corrected chi connectivity index (χ1v) is 9.88. The van der Waals surface area contributed by atoms with E-state index in [1.165, 1.54) is 0 Å². The van der Waals surface area contributed by atoms with Crippen molar-refractivity contribution >= 4 is 27.9 Å². The first-order chi connectivity index (χ1) is 14.1. The average Bonchev–Trinajstić information content (AvgIpc) is 3.08. The molecule has 4 rings (SSSR count). The lowest BCUT2D eigenvalue weighted by Crippen LogP contribution is -2.38. The Hall–Kier alpha value is -3.18. The second kappa shape index (κ2) is 8.05. The topological polar surface area (TPSA) is 52.6 Å². The van der Waals surface area contributed by atoms with Gasteiger partial charge in [0, 0.05) is 22.0 Å². The molecule has 0 bridgehead atoms. The van der Waals surface area contributed by atoms with E-state index in [0.29, 0.717) is 23.3 Å². The summed E-state index contributed by atoms with van der Waals surface area (Å²) in [6, 6.07) is 25.3. The predicted octanol–water partition coefficient (Wildman–Crippen LogP) is 4.98. The Kier molecular flexibility index (Phi) is 5.32. The smallest absolute Gasteiger partial charge is 0.365 e. The standard InChI is InChI=1S/C24H17BrO4/c25-20-13-11-17(12-14-20)15-18-16-24(29-22(18)26,19-7-3-1-4-8-19)23(27)28-21-9-5-2-6-10-21/h1-14,16H,15H2. The third-order valence-electron chi connectivity index (χ3n) is 4.66. The Morgan fingerprint density at radius 1 is 0.897 bits per heavy atom. The predicted molar refractivity (Wildman–Crippen MR) is 112 cm³/mol. The molecule has 1 atom stereocenters. The molecular weight excluding hydrogens is 432 g/mol. The van der Waals surface area contributed by atoms with Gasteiger partial charge >= 0.3 is 11.9 Å². The van der Waals surface area contributed by atoms with E-state index in [0.717, 1.165) is 10.0 Å². The number of hydrogen-bond acceptors (Lipinski definition) is 4. The molecule has 1 aliphatic heterocycles. The zero-order valence-corrected chi connectivity index (χ0v) is 17.0. The van der Waals surface area contributed by atoms with Crippen LogP contribution in [0.1, 0.15) is 11.1 Å². The van der Waals surface area contributed by atoms with Crippen LogP contribution in [0, 0.1) is 0 Å². The highest BCUT2D eigenvalue weighted by molar-refractivity contribution is 9.10. The summed E-state index contributed by atoms with van der Waals surface area (Å²) in [5.41, 5.74) is 0.289. The highest BCUT2D eigenvalue weighted by Crippen LogP contribution is 2.37. The first-order valence-electron chi connectivity index (χ1n) is 9.09. The quantitative estimate of drug-likeness (QED) is 0.408. The fourth-order valence-corrected chi connectivity index (χ4v) is 3.47. The Morgan fingerprint density at radius 2 is 1.52 bits per heavy atom. The van der Waals surface area contributed by atoms with Gasteiger partial charge in [0.25, 0.3) is 5.60 Å². The monoisotopic (exact) mass is 448 g/mol. The second-order valence-electron chi connectivity index (χ2n) is 6.67. The van der Waals surface area contributed by atoms with Crippen molar-refractivity contribution in [1.29, 1.82) is 0 Å². The molecule has 144 valence electrons. The molecule has 5 heteroatoms. The molecule has 0 radical (unpaired) electrons. The molecule has 0 aromatic heterocycles. The number of rotatable bonds is 5. The molecule has 1 unspecified atom stereocenters. The Balaban J connectivity index is 1.71. The number of carbonyl (C=O) groups excluding carboxylic acids is 2. The van der Waals surface area contributed by atoms with Crippen LogP contribution in [0.2, 0.25) is 0 Å². The van der Waals surface area contributed by atoms with Crippen LogP contribution in [0.3, 0.4) is 0 Å². The summed E-state index contributed by atoms with van der Waals surface area (Å²) in [6.07, 6.45) is 1.94. The third-order valence-corrected chi connectivity index (χ3v) is 5.19. The van der Waals surface area contributed by atoms with Crippen molar-refractivity contribution in [3.63, 3.8) is 0 Å². The molecule has 4 nitrogen and oxygen atoms in total. The maximum atomic E-state index is 13.2. The number of esters is 2. The number of halogens is 1. The van der Waals surface area contributed by atoms with Gasteiger partial charge in [-0.25, -0.2) is 9.59 Å². The van der Waals surface area contributed by atoms with E-state index < -0.39 is 17.5 Å². The summed E-state index contributed by atoms with van der Waals surface area (Å²) in [6.45, 7) is 0. The molecule has 0 aliphatic carbocycles. The van der Waals surface area contributed by atoms with Crippen molar-refractivity contribution in [3.05, 3.63) is 112 Å². The van der Waals surface area contributed by atoms with Gasteiger partial charge in [-0.05, 0) is 35.9 Å². The van der Waals surface area contributed by atoms with E-state index in [1.807, 2.05) is 36.4 Å². The maximum absolute atomic E-state index is 13.2. The third kappa shape index (κ3) is 4.00. The van der Waals surface area contributed by atoms with Gasteiger partial charge < -0.3 is 9.47 Å². The van der Waals surface area contributed by atoms with E-state index in [2.05, 4.69) is 15.9 Å². The lowest BCUT2D eigenvalue weighted by molar-refractivity contribution is -0.166. The molecule has 0 saturated carbocycles. The molecule has 1 heterocycles. The average molecular weight is 449 g/mol. The van der Waals surface area contributed by atoms with Crippen LogP contribution in [0.5, 0.6) is 5.75 Å². The lowest BCUT2D eigenvalue weighted by atomic mass is 9.92. The minimum atomic E-state index is -1.61. The van der Waals surface area contributed by atoms with Gasteiger partial charge in [0.05, 0.1) is 0 Å². The van der Waals surface area contributed by atoms with Gasteiger partial charge in [-0.1, -0.05) is 76.6 Å². The van der Waals surface area contributed by atoms with Gasteiger partial charge in [0.15, 0.2) is 0 Å². The minimum absolute atomic E-state index is 0.360. The lowest BCUT2D eigenvalue weighted by Gasteiger charge is -2.24. The fraction of sp³-hybridized carbons (Fsp3) is 0.0833. The Labute approximate surface area is 176 Å².